The first-order valence-electron chi connectivity index (χ1n) is 9.22. The number of nitrogens with two attached hydrogens (primary N) is 1. The maximum Gasteiger partial charge on any atom is 0.501 e. The van der Waals surface area contributed by atoms with Gasteiger partial charge in [-0.3, -0.25) is 15.3 Å². The van der Waals surface area contributed by atoms with Crippen molar-refractivity contribution in [3.63, 3.8) is 0 Å². The number of nitrogens with zero attached hydrogens (tertiary/aromatic N) is 3. The fourth-order valence-electron chi connectivity index (χ4n) is 3.85. The average Bonchev–Trinajstić information content (AvgIpc) is 3.38. The topological polar surface area (TPSA) is 103 Å². The average molecular weight is 439 g/mol. The Morgan fingerprint density at radius 3 is 2.43 bits per heavy atom. The van der Waals surface area contributed by atoms with Crippen molar-refractivity contribution in [3.8, 4) is 0 Å². The first-order chi connectivity index (χ1) is 14.0. The normalized spacial score (nSPS) is 18.7. The first kappa shape index (κ1) is 20.6. The summed E-state index contributed by atoms with van der Waals surface area (Å²) in [4.78, 5) is 7.54. The number of anilines is 1. The molecule has 11 heteroatoms. The van der Waals surface area contributed by atoms with Gasteiger partial charge in [0.2, 0.25) is 0 Å². The van der Waals surface area contributed by atoms with Crippen molar-refractivity contribution in [2.45, 2.75) is 35.3 Å². The summed E-state index contributed by atoms with van der Waals surface area (Å²) >= 11 is 0. The number of nitrogens with one attached hydrogen (secondary N) is 1. The molecule has 1 aliphatic carbocycles. The first-order valence-corrected chi connectivity index (χ1v) is 10.7. The molecule has 0 bridgehead atoms. The summed E-state index contributed by atoms with van der Waals surface area (Å²) in [6.45, 7) is 1.79. The molecule has 2 aromatic rings. The number of sulfone groups is 1. The zero-order valence-electron chi connectivity index (χ0n) is 15.9. The maximum absolute atomic E-state index is 12.7. The molecule has 3 N–H and O–H groups in total. The third kappa shape index (κ3) is 3.52. The molecule has 0 radical (unpaired) electrons. The fourth-order valence-corrected chi connectivity index (χ4v) is 4.61. The highest BCUT2D eigenvalue weighted by molar-refractivity contribution is 7.92. The van der Waals surface area contributed by atoms with Gasteiger partial charge >= 0.3 is 5.51 Å². The number of hydrogen-bond donors (Lipinski definition) is 2. The molecule has 30 heavy (non-hydrogen) atoms. The van der Waals surface area contributed by atoms with E-state index < -0.39 is 20.2 Å². The van der Waals surface area contributed by atoms with Crippen molar-refractivity contribution < 1.29 is 21.6 Å². The van der Waals surface area contributed by atoms with Gasteiger partial charge in [0.1, 0.15) is 5.84 Å². The SMILES string of the molecule is N=C(N)c1cnccc1CN1CN(c2ccc(S(=O)(=O)C(F)(F)F)cc2)CC12CC2. The Bertz CT molecular complexity index is 1080. The van der Waals surface area contributed by atoms with E-state index in [0.29, 0.717) is 31.0 Å². The molecular weight excluding hydrogens is 419 g/mol. The molecule has 2 fully saturated rings. The second-order valence-corrected chi connectivity index (χ2v) is 9.59. The Morgan fingerprint density at radius 1 is 1.20 bits per heavy atom. The van der Waals surface area contributed by atoms with Crippen LogP contribution >= 0.6 is 0 Å². The number of alkyl halides is 3. The number of aromatic nitrogens is 1. The van der Waals surface area contributed by atoms with Crippen LogP contribution in [0.4, 0.5) is 18.9 Å². The van der Waals surface area contributed by atoms with Crippen LogP contribution in [0.3, 0.4) is 0 Å². The minimum Gasteiger partial charge on any atom is -0.384 e. The Kier molecular flexibility index (Phi) is 4.77. The number of benzene rings is 1. The third-order valence-electron chi connectivity index (χ3n) is 5.70. The highest BCUT2D eigenvalue weighted by Crippen LogP contribution is 2.48. The monoisotopic (exact) mass is 439 g/mol. The van der Waals surface area contributed by atoms with Crippen LogP contribution < -0.4 is 10.6 Å². The molecule has 0 amide bonds. The van der Waals surface area contributed by atoms with Gasteiger partial charge in [-0.1, -0.05) is 0 Å². The maximum atomic E-state index is 12.7. The number of halogens is 3. The van der Waals surface area contributed by atoms with E-state index in [1.54, 1.807) is 12.4 Å². The molecule has 1 spiro atoms. The van der Waals surface area contributed by atoms with Gasteiger partial charge in [0.25, 0.3) is 9.84 Å². The van der Waals surface area contributed by atoms with E-state index in [4.69, 9.17) is 11.1 Å². The molecule has 1 saturated heterocycles. The standard InChI is InChI=1S/C19H20F3N5O2S/c20-19(21,22)30(28,29)15-3-1-14(2-4-15)26-11-18(6-7-18)27(12-26)10-13-5-8-25-9-16(13)17(23)24/h1-5,8-9H,6-7,10-12H2,(H3,23,24). The van der Waals surface area contributed by atoms with E-state index in [2.05, 4.69) is 9.88 Å². The molecule has 0 unspecified atom stereocenters. The zero-order chi connectivity index (χ0) is 21.7. The van der Waals surface area contributed by atoms with E-state index in [-0.39, 0.29) is 11.4 Å². The van der Waals surface area contributed by atoms with Gasteiger partial charge in [0.15, 0.2) is 0 Å². The summed E-state index contributed by atoms with van der Waals surface area (Å²) in [5, 5.41) is 7.73. The molecule has 7 nitrogen and oxygen atoms in total. The van der Waals surface area contributed by atoms with Crippen LogP contribution in [-0.4, -0.2) is 48.4 Å². The Hall–Kier alpha value is -2.66. The van der Waals surface area contributed by atoms with Crippen LogP contribution in [0.1, 0.15) is 24.0 Å². The van der Waals surface area contributed by atoms with Crippen LogP contribution in [-0.2, 0) is 16.4 Å². The summed E-state index contributed by atoms with van der Waals surface area (Å²) in [6, 6.07) is 6.64. The zero-order valence-corrected chi connectivity index (χ0v) is 16.7. The minimum absolute atomic E-state index is 0.0337. The molecule has 2 heterocycles. The van der Waals surface area contributed by atoms with E-state index in [9.17, 15) is 21.6 Å². The van der Waals surface area contributed by atoms with E-state index in [1.807, 2.05) is 11.0 Å². The highest BCUT2D eigenvalue weighted by Gasteiger charge is 2.53. The summed E-state index contributed by atoms with van der Waals surface area (Å²) in [5.41, 5.74) is 2.42. The van der Waals surface area contributed by atoms with Crippen molar-refractivity contribution >= 4 is 21.4 Å². The van der Waals surface area contributed by atoms with Crippen molar-refractivity contribution in [1.29, 1.82) is 5.41 Å². The van der Waals surface area contributed by atoms with Gasteiger partial charge in [0.05, 0.1) is 11.6 Å². The molecule has 4 rings (SSSR count). The number of hydrogen-bond acceptors (Lipinski definition) is 6. The van der Waals surface area contributed by atoms with E-state index in [1.165, 1.54) is 12.1 Å². The Balaban J connectivity index is 1.54. The molecular formula is C19H20F3N5O2S. The highest BCUT2D eigenvalue weighted by atomic mass is 32.2. The molecule has 0 atom stereocenters. The van der Waals surface area contributed by atoms with Crippen molar-refractivity contribution in [2.24, 2.45) is 5.73 Å². The molecule has 1 saturated carbocycles. The lowest BCUT2D eigenvalue weighted by molar-refractivity contribution is -0.0436. The predicted octanol–water partition coefficient (Wildman–Crippen LogP) is 2.47. The fraction of sp³-hybridized carbons (Fsp3) is 0.368. The Labute approximate surface area is 171 Å². The van der Waals surface area contributed by atoms with Gasteiger partial charge in [-0.2, -0.15) is 13.2 Å². The number of amidine groups is 1. The van der Waals surface area contributed by atoms with Gasteiger partial charge in [-0.15, -0.1) is 0 Å². The van der Waals surface area contributed by atoms with Gasteiger partial charge in [-0.05, 0) is 48.7 Å². The van der Waals surface area contributed by atoms with Crippen LogP contribution in [0.15, 0.2) is 47.6 Å². The molecule has 1 aromatic carbocycles. The largest absolute Gasteiger partial charge is 0.501 e. The lowest BCUT2D eigenvalue weighted by Crippen LogP contribution is -2.33. The van der Waals surface area contributed by atoms with Crippen molar-refractivity contribution in [3.05, 3.63) is 53.9 Å². The van der Waals surface area contributed by atoms with E-state index in [0.717, 1.165) is 30.5 Å². The van der Waals surface area contributed by atoms with Crippen LogP contribution in [0.5, 0.6) is 0 Å². The summed E-state index contributed by atoms with van der Waals surface area (Å²) in [5.74, 6) is -0.0551. The number of rotatable bonds is 5. The quantitative estimate of drug-likeness (QED) is 0.548. The lowest BCUT2D eigenvalue weighted by Gasteiger charge is -2.23. The van der Waals surface area contributed by atoms with Crippen LogP contribution in [0, 0.1) is 5.41 Å². The Morgan fingerprint density at radius 2 is 1.87 bits per heavy atom. The summed E-state index contributed by atoms with van der Waals surface area (Å²) in [7, 11) is -5.36. The lowest BCUT2D eigenvalue weighted by atomic mass is 10.1. The second kappa shape index (κ2) is 6.95. The second-order valence-electron chi connectivity index (χ2n) is 7.65. The number of pyridine rings is 1. The molecule has 2 aliphatic rings. The van der Waals surface area contributed by atoms with Crippen molar-refractivity contribution in [1.82, 2.24) is 9.88 Å². The predicted molar refractivity (Wildman–Crippen MR) is 105 cm³/mol. The molecule has 1 aliphatic heterocycles. The minimum atomic E-state index is -5.36. The van der Waals surface area contributed by atoms with Crippen LogP contribution in [0.25, 0.3) is 0 Å². The molecule has 160 valence electrons. The smallest absolute Gasteiger partial charge is 0.384 e. The van der Waals surface area contributed by atoms with Gasteiger partial charge < -0.3 is 10.6 Å². The van der Waals surface area contributed by atoms with E-state index >= 15 is 0 Å². The van der Waals surface area contributed by atoms with Crippen molar-refractivity contribution in [2.75, 3.05) is 18.1 Å². The summed E-state index contributed by atoms with van der Waals surface area (Å²) in [6.07, 6.45) is 5.19. The summed E-state index contributed by atoms with van der Waals surface area (Å²) < 4.78 is 61.4. The van der Waals surface area contributed by atoms with Crippen LogP contribution in [0.2, 0.25) is 0 Å². The third-order valence-corrected chi connectivity index (χ3v) is 7.21. The number of nitrogen functional groups attached to an aromatic ring is 1. The van der Waals surface area contributed by atoms with Gasteiger partial charge in [-0.25, -0.2) is 8.42 Å². The molecule has 1 aromatic heterocycles. The van der Waals surface area contributed by atoms with Gasteiger partial charge in [0, 0.05) is 42.3 Å².